The van der Waals surface area contributed by atoms with E-state index in [4.69, 9.17) is 9.47 Å². The minimum Gasteiger partial charge on any atom is -0.508 e. The Kier molecular flexibility index (Phi) is 13.4. The summed E-state index contributed by atoms with van der Waals surface area (Å²) in [4.78, 5) is 36.8. The van der Waals surface area contributed by atoms with Crippen molar-refractivity contribution in [1.29, 1.82) is 0 Å². The fourth-order valence-corrected chi connectivity index (χ4v) is 5.39. The van der Waals surface area contributed by atoms with E-state index in [0.29, 0.717) is 0 Å². The van der Waals surface area contributed by atoms with Crippen LogP contribution < -0.4 is 9.47 Å². The summed E-state index contributed by atoms with van der Waals surface area (Å²) in [6, 6.07) is 13.0. The molecule has 6 aromatic rings. The lowest BCUT2D eigenvalue weighted by Gasteiger charge is -2.11. The number of methoxy groups -OCH3 is 2. The number of ether oxygens (including phenoxy) is 2. The summed E-state index contributed by atoms with van der Waals surface area (Å²) in [7, 11) is 2.45. The molecule has 0 radical (unpaired) electrons. The van der Waals surface area contributed by atoms with Crippen molar-refractivity contribution in [2.24, 2.45) is 0 Å². The van der Waals surface area contributed by atoms with Gasteiger partial charge in [0.2, 0.25) is 17.2 Å². The summed E-state index contributed by atoms with van der Waals surface area (Å²) < 4.78 is 9.69. The summed E-state index contributed by atoms with van der Waals surface area (Å²) in [5, 5.41) is 142. The van der Waals surface area contributed by atoms with Crippen LogP contribution in [0.4, 0.5) is 0 Å². The van der Waals surface area contributed by atoms with E-state index in [2.05, 4.69) is 0 Å². The number of hydrogen-bond acceptors (Lipinski definition) is 20. The quantitative estimate of drug-likeness (QED) is 0.0730. The van der Waals surface area contributed by atoms with Crippen molar-refractivity contribution in [3.63, 3.8) is 0 Å². The Bertz CT molecular complexity index is 2690. The fraction of sp³-hybridized carbons (Fsp3) is 0.0714. The Morgan fingerprint density at radius 1 is 0.355 bits per heavy atom. The third-order valence-electron chi connectivity index (χ3n) is 8.78. The lowest BCUT2D eigenvalue weighted by Crippen LogP contribution is -2.04. The maximum atomic E-state index is 12.3. The van der Waals surface area contributed by atoms with E-state index < -0.39 is 92.1 Å². The third-order valence-corrected chi connectivity index (χ3v) is 8.78. The van der Waals surface area contributed by atoms with Crippen LogP contribution in [0, 0.1) is 6.92 Å². The summed E-state index contributed by atoms with van der Waals surface area (Å²) in [6.45, 7) is 1.44. The van der Waals surface area contributed by atoms with Gasteiger partial charge in [-0.1, -0.05) is 0 Å². The lowest BCUT2D eigenvalue weighted by molar-refractivity contribution is 0.102. The highest BCUT2D eigenvalue weighted by atomic mass is 16.5. The minimum absolute atomic E-state index is 0.0810. The number of hydrogen-bond donors (Lipinski definition) is 15. The number of phenolic OH excluding ortho intramolecular Hbond substituents is 15. The van der Waals surface area contributed by atoms with E-state index in [-0.39, 0.29) is 61.9 Å². The normalized spacial score (nSPS) is 10.4. The number of aromatic hydroxyl groups is 15. The largest absolute Gasteiger partial charge is 0.508 e. The van der Waals surface area contributed by atoms with Gasteiger partial charge in [-0.3, -0.25) is 14.4 Å². The van der Waals surface area contributed by atoms with Crippen molar-refractivity contribution in [2.45, 2.75) is 6.92 Å². The molecule has 0 saturated heterocycles. The van der Waals surface area contributed by atoms with Crippen LogP contribution in [0.15, 0.2) is 72.8 Å². The Morgan fingerprint density at radius 3 is 1.15 bits per heavy atom. The molecule has 0 fully saturated rings. The lowest BCUT2D eigenvalue weighted by atomic mass is 9.99. The molecule has 0 atom stereocenters. The SMILES string of the molecule is COc1c(C(=O)c2cc(O)c(O)c(O)c2)ccc(O)c1O.COc1cc(C(=O)c2ccc(O)c(O)c2O)cc(O)c1O.Cc1c(O)ccc(C(=O)c2cc(O)c(O)c(O)c2)c1O. The van der Waals surface area contributed by atoms with Crippen LogP contribution in [-0.2, 0) is 0 Å². The Morgan fingerprint density at radius 2 is 0.710 bits per heavy atom. The van der Waals surface area contributed by atoms with E-state index in [9.17, 15) is 91.0 Å². The topological polar surface area (TPSA) is 373 Å². The van der Waals surface area contributed by atoms with E-state index in [1.165, 1.54) is 45.4 Å². The zero-order valence-corrected chi connectivity index (χ0v) is 32.2. The van der Waals surface area contributed by atoms with E-state index >= 15 is 0 Å². The van der Waals surface area contributed by atoms with Crippen molar-refractivity contribution in [2.75, 3.05) is 14.2 Å². The average molecular weight is 861 g/mol. The van der Waals surface area contributed by atoms with Crippen molar-refractivity contribution >= 4 is 17.3 Å². The molecule has 15 N–H and O–H groups in total. The maximum absolute atomic E-state index is 12.3. The fourth-order valence-electron chi connectivity index (χ4n) is 5.39. The summed E-state index contributed by atoms with van der Waals surface area (Å²) in [5.41, 5.74) is -0.644. The molecule has 6 aromatic carbocycles. The molecule has 0 bridgehead atoms. The number of ketones is 3. The predicted octanol–water partition coefficient (Wildman–Crippen LogP) is 4.66. The van der Waals surface area contributed by atoms with Gasteiger partial charge in [-0.05, 0) is 79.7 Å². The van der Waals surface area contributed by atoms with Crippen LogP contribution in [0.5, 0.6) is 97.7 Å². The smallest absolute Gasteiger partial charge is 0.201 e. The van der Waals surface area contributed by atoms with Gasteiger partial charge in [0.05, 0.1) is 30.9 Å². The number of carbonyl (C=O) groups is 3. The highest BCUT2D eigenvalue weighted by Crippen LogP contribution is 2.43. The second kappa shape index (κ2) is 18.2. The van der Waals surface area contributed by atoms with E-state index in [1.54, 1.807) is 0 Å². The molecule has 20 heteroatoms. The number of phenols is 15. The molecule has 0 spiro atoms. The molecule has 0 amide bonds. The number of rotatable bonds is 8. The number of benzene rings is 6. The average Bonchev–Trinajstić information content (AvgIpc) is 3.24. The first-order chi connectivity index (χ1) is 29.0. The first-order valence-electron chi connectivity index (χ1n) is 17.1. The van der Waals surface area contributed by atoms with Crippen LogP contribution >= 0.6 is 0 Å². The summed E-state index contributed by atoms with van der Waals surface area (Å²) in [6.07, 6.45) is 0. The molecule has 0 saturated carbocycles. The molecule has 6 rings (SSSR count). The highest BCUT2D eigenvalue weighted by Gasteiger charge is 2.24. The van der Waals surface area contributed by atoms with Crippen molar-refractivity contribution in [3.05, 3.63) is 112 Å². The minimum atomic E-state index is -0.823. The van der Waals surface area contributed by atoms with Gasteiger partial charge in [-0.25, -0.2) is 0 Å². The van der Waals surface area contributed by atoms with Crippen LogP contribution in [0.25, 0.3) is 0 Å². The second-order valence-corrected chi connectivity index (χ2v) is 12.7. The van der Waals surface area contributed by atoms with Gasteiger partial charge in [0.1, 0.15) is 11.5 Å². The van der Waals surface area contributed by atoms with Crippen molar-refractivity contribution in [1.82, 2.24) is 0 Å². The molecule has 324 valence electrons. The summed E-state index contributed by atoms with van der Waals surface area (Å²) >= 11 is 0. The first kappa shape index (κ1) is 45.6. The molecule has 0 aliphatic carbocycles. The van der Waals surface area contributed by atoms with Crippen molar-refractivity contribution in [3.8, 4) is 97.7 Å². The maximum Gasteiger partial charge on any atom is 0.201 e. The van der Waals surface area contributed by atoms with Gasteiger partial charge >= 0.3 is 0 Å². The Balaban J connectivity index is 0.000000205. The van der Waals surface area contributed by atoms with Gasteiger partial charge in [0.15, 0.2) is 86.3 Å². The van der Waals surface area contributed by atoms with Gasteiger partial charge in [0, 0.05) is 22.3 Å². The molecule has 0 aliphatic rings. The highest BCUT2D eigenvalue weighted by molar-refractivity contribution is 6.13. The number of carbonyl (C=O) groups excluding carboxylic acids is 3. The third kappa shape index (κ3) is 9.13. The Labute approximate surface area is 348 Å². The molecule has 0 heterocycles. The molecule has 0 aliphatic heterocycles. The first-order valence-corrected chi connectivity index (χ1v) is 17.1. The van der Waals surface area contributed by atoms with Crippen molar-refractivity contribution < 1.29 is 100 Å². The summed E-state index contributed by atoms with van der Waals surface area (Å²) in [5.74, 6) is -11.4. The Hall–Kier alpha value is -9.07. The van der Waals surface area contributed by atoms with Gasteiger partial charge in [-0.2, -0.15) is 0 Å². The standard InChI is InChI=1S/2C14H12O7.C14H12O6/c1-21-14-7(2-3-8(15)13(14)20)11(18)6-4-9(16)12(19)10(17)5-6;1-21-10-5-6(4-9(16)13(10)19)11(17)7-2-3-8(15)14(20)12(7)18;1-6-9(15)3-2-8(12(6)18)13(19)7-4-10(16)14(20)11(17)5-7/h2-5,15-17,19-20H,1H3;2-5,15-16,18-20H,1H3;2-5,15-18,20H,1H3. The van der Waals surface area contributed by atoms with Gasteiger partial charge in [-0.15, -0.1) is 0 Å². The van der Waals surface area contributed by atoms with E-state index in [0.717, 1.165) is 48.5 Å². The van der Waals surface area contributed by atoms with Crippen LogP contribution in [0.1, 0.15) is 53.3 Å². The molecular formula is C42H36O20. The monoisotopic (exact) mass is 860 g/mol. The van der Waals surface area contributed by atoms with Crippen LogP contribution in [0.3, 0.4) is 0 Å². The molecular weight excluding hydrogens is 824 g/mol. The molecule has 0 unspecified atom stereocenters. The van der Waals surface area contributed by atoms with Crippen LogP contribution in [0.2, 0.25) is 0 Å². The zero-order valence-electron chi connectivity index (χ0n) is 32.2. The van der Waals surface area contributed by atoms with Gasteiger partial charge < -0.3 is 86.1 Å². The molecule has 20 nitrogen and oxygen atoms in total. The zero-order chi connectivity index (χ0) is 46.5. The van der Waals surface area contributed by atoms with Crippen LogP contribution in [-0.4, -0.2) is 108 Å². The van der Waals surface area contributed by atoms with E-state index in [1.807, 2.05) is 0 Å². The van der Waals surface area contributed by atoms with Gasteiger partial charge in [0.25, 0.3) is 0 Å². The molecule has 0 aromatic heterocycles. The predicted molar refractivity (Wildman–Crippen MR) is 212 cm³/mol. The second-order valence-electron chi connectivity index (χ2n) is 12.7. The molecule has 62 heavy (non-hydrogen) atoms.